The molecule has 1 unspecified atom stereocenters. The molecule has 0 amide bonds. The summed E-state index contributed by atoms with van der Waals surface area (Å²) in [5, 5.41) is 4.30. The third-order valence-corrected chi connectivity index (χ3v) is 4.02. The lowest BCUT2D eigenvalue weighted by atomic mass is 10.1. The predicted molar refractivity (Wildman–Crippen MR) is 94.6 cm³/mol. The van der Waals surface area contributed by atoms with Gasteiger partial charge in [-0.05, 0) is 24.3 Å². The Kier molecular flexibility index (Phi) is 6.06. The van der Waals surface area contributed by atoms with Crippen molar-refractivity contribution >= 4 is 17.6 Å². The predicted octanol–water partition coefficient (Wildman–Crippen LogP) is 2.53. The topological polar surface area (TPSA) is 109 Å². The van der Waals surface area contributed by atoms with Crippen molar-refractivity contribution in [3.8, 4) is 22.8 Å². The molecule has 1 heterocycles. The highest BCUT2D eigenvalue weighted by atomic mass is 32.2. The largest absolute Gasteiger partial charge is 0.760 e. The van der Waals surface area contributed by atoms with E-state index < -0.39 is 23.4 Å². The summed E-state index contributed by atoms with van der Waals surface area (Å²) in [5.41, 5.74) is 1.37. The summed E-state index contributed by atoms with van der Waals surface area (Å²) in [4.78, 5) is 15.1. The number of benzene rings is 2. The Bertz CT molecular complexity index is 1020. The van der Waals surface area contributed by atoms with Gasteiger partial charge in [0.25, 0.3) is 0 Å². The number of aromatic nitrogens is 3. The number of rotatable bonds is 7. The Labute approximate surface area is 164 Å². The number of hydrogen-bond donors (Lipinski definition) is 1. The average Bonchev–Trinajstić information content (AvgIpc) is 3.10. The van der Waals surface area contributed by atoms with Crippen LogP contribution in [0.1, 0.15) is 16.2 Å². The van der Waals surface area contributed by atoms with Crippen LogP contribution in [0.4, 0.5) is 13.2 Å². The molecule has 0 saturated carbocycles. The van der Waals surface area contributed by atoms with Crippen molar-refractivity contribution in [3.63, 3.8) is 0 Å². The van der Waals surface area contributed by atoms with Crippen LogP contribution in [0.3, 0.4) is 0 Å². The number of carbonyl (C=O) groups excluding carboxylic acids is 1. The Morgan fingerprint density at radius 2 is 1.79 bits per heavy atom. The van der Waals surface area contributed by atoms with Crippen molar-refractivity contribution in [2.45, 2.75) is 12.9 Å². The standard InChI is InChI=1S/C17H13F3N4O4S/c18-17(19,20)28-14-7-5-13(6-8-14)24-15(9-21-29(26)27)22-16(23-24)12-3-1-11(10-25)2-4-12/h1-8,10,21H,9H2,(H,26,27)/p-1. The minimum absolute atomic E-state index is 0.198. The maximum absolute atomic E-state index is 12.3. The number of alkyl halides is 3. The number of hydrogen-bond acceptors (Lipinski definition) is 6. The molecule has 3 rings (SSSR count). The minimum Gasteiger partial charge on any atom is -0.760 e. The van der Waals surface area contributed by atoms with Crippen molar-refractivity contribution in [1.29, 1.82) is 0 Å². The van der Waals surface area contributed by atoms with Gasteiger partial charge in [0.05, 0.1) is 12.2 Å². The summed E-state index contributed by atoms with van der Waals surface area (Å²) < 4.78 is 65.9. The first-order valence-electron chi connectivity index (χ1n) is 7.95. The Morgan fingerprint density at radius 3 is 2.34 bits per heavy atom. The molecule has 0 aliphatic rings. The molecular weight excluding hydrogens is 413 g/mol. The summed E-state index contributed by atoms with van der Waals surface area (Å²) in [6.45, 7) is -0.198. The van der Waals surface area contributed by atoms with Crippen LogP contribution >= 0.6 is 0 Å². The Morgan fingerprint density at radius 1 is 1.14 bits per heavy atom. The van der Waals surface area contributed by atoms with E-state index in [4.69, 9.17) is 0 Å². The molecule has 12 heteroatoms. The normalized spacial score (nSPS) is 12.6. The molecule has 1 atom stereocenters. The van der Waals surface area contributed by atoms with E-state index in [0.717, 1.165) is 12.1 Å². The quantitative estimate of drug-likeness (QED) is 0.460. The van der Waals surface area contributed by atoms with Gasteiger partial charge in [0, 0.05) is 22.4 Å². The van der Waals surface area contributed by atoms with E-state index in [9.17, 15) is 26.7 Å². The van der Waals surface area contributed by atoms with Gasteiger partial charge < -0.3 is 9.29 Å². The lowest BCUT2D eigenvalue weighted by molar-refractivity contribution is -0.274. The summed E-state index contributed by atoms with van der Waals surface area (Å²) in [6, 6.07) is 11.2. The minimum atomic E-state index is -4.82. The zero-order valence-corrected chi connectivity index (χ0v) is 15.2. The maximum Gasteiger partial charge on any atom is 0.573 e. The van der Waals surface area contributed by atoms with Crippen LogP contribution in [0.5, 0.6) is 5.75 Å². The highest BCUT2D eigenvalue weighted by Gasteiger charge is 2.31. The second-order valence-electron chi connectivity index (χ2n) is 5.60. The van der Waals surface area contributed by atoms with Crippen LogP contribution in [0.15, 0.2) is 48.5 Å². The molecule has 0 bridgehead atoms. The summed E-state index contributed by atoms with van der Waals surface area (Å²) >= 11 is -2.55. The fraction of sp³-hybridized carbons (Fsp3) is 0.118. The average molecular weight is 425 g/mol. The molecule has 152 valence electrons. The molecule has 0 spiro atoms. The number of aldehydes is 1. The third-order valence-electron chi connectivity index (χ3n) is 3.64. The van der Waals surface area contributed by atoms with Crippen molar-refractivity contribution < 1.29 is 31.5 Å². The Balaban J connectivity index is 1.95. The molecule has 0 fully saturated rings. The van der Waals surface area contributed by atoms with E-state index in [1.165, 1.54) is 16.8 Å². The fourth-order valence-corrected chi connectivity index (χ4v) is 2.66. The van der Waals surface area contributed by atoms with Gasteiger partial charge in [-0.1, -0.05) is 24.3 Å². The molecule has 0 aliphatic carbocycles. The number of ether oxygens (including phenoxy) is 1. The van der Waals surface area contributed by atoms with Crippen molar-refractivity contribution in [2.75, 3.05) is 0 Å². The van der Waals surface area contributed by atoms with E-state index in [-0.39, 0.29) is 18.2 Å². The van der Waals surface area contributed by atoms with Gasteiger partial charge in [-0.25, -0.2) is 14.4 Å². The van der Waals surface area contributed by atoms with Crippen LogP contribution in [0.25, 0.3) is 17.1 Å². The zero-order valence-electron chi connectivity index (χ0n) is 14.4. The van der Waals surface area contributed by atoms with Crippen LogP contribution in [-0.4, -0.2) is 36.2 Å². The highest BCUT2D eigenvalue weighted by molar-refractivity contribution is 7.77. The summed E-state index contributed by atoms with van der Waals surface area (Å²) in [6.07, 6.45) is -4.14. The first-order valence-corrected chi connectivity index (χ1v) is 9.03. The summed E-state index contributed by atoms with van der Waals surface area (Å²) in [7, 11) is 0. The molecule has 1 N–H and O–H groups in total. The van der Waals surface area contributed by atoms with Crippen LogP contribution < -0.4 is 9.46 Å². The fourth-order valence-electron chi connectivity index (χ4n) is 2.41. The second-order valence-corrected chi connectivity index (χ2v) is 6.36. The van der Waals surface area contributed by atoms with E-state index in [1.807, 2.05) is 0 Å². The first kappa shape index (κ1) is 20.6. The van der Waals surface area contributed by atoms with Crippen LogP contribution in [0.2, 0.25) is 0 Å². The molecule has 0 saturated heterocycles. The molecule has 0 radical (unpaired) electrons. The van der Waals surface area contributed by atoms with Crippen molar-refractivity contribution in [2.24, 2.45) is 0 Å². The SMILES string of the molecule is O=Cc1ccc(-c2nc(CNS(=O)[O-])n(-c3ccc(OC(F)(F)F)cc3)n2)cc1. The molecule has 0 aliphatic heterocycles. The molecule has 8 nitrogen and oxygen atoms in total. The molecular formula is C17H12F3N4O4S-. The van der Waals surface area contributed by atoms with Gasteiger partial charge in [-0.3, -0.25) is 9.00 Å². The van der Waals surface area contributed by atoms with Gasteiger partial charge in [0.1, 0.15) is 17.9 Å². The van der Waals surface area contributed by atoms with Crippen LogP contribution in [-0.2, 0) is 17.8 Å². The van der Waals surface area contributed by atoms with Gasteiger partial charge in [-0.2, -0.15) is 0 Å². The van der Waals surface area contributed by atoms with Gasteiger partial charge in [-0.15, -0.1) is 18.3 Å². The molecule has 2 aromatic carbocycles. The first-order chi connectivity index (χ1) is 13.7. The van der Waals surface area contributed by atoms with Crippen molar-refractivity contribution in [1.82, 2.24) is 19.5 Å². The number of nitrogens with one attached hydrogen (secondary N) is 1. The molecule has 29 heavy (non-hydrogen) atoms. The second kappa shape index (κ2) is 8.51. The highest BCUT2D eigenvalue weighted by Crippen LogP contribution is 2.25. The molecule has 1 aromatic heterocycles. The van der Waals surface area contributed by atoms with E-state index in [2.05, 4.69) is 19.5 Å². The lowest BCUT2D eigenvalue weighted by Gasteiger charge is -2.11. The van der Waals surface area contributed by atoms with E-state index >= 15 is 0 Å². The smallest absolute Gasteiger partial charge is 0.573 e. The molecule has 3 aromatic rings. The van der Waals surface area contributed by atoms with Gasteiger partial charge in [0.15, 0.2) is 5.82 Å². The third kappa shape index (κ3) is 5.47. The van der Waals surface area contributed by atoms with Gasteiger partial charge >= 0.3 is 6.36 Å². The van der Waals surface area contributed by atoms with Crippen molar-refractivity contribution in [3.05, 3.63) is 59.9 Å². The zero-order chi connectivity index (χ0) is 21.0. The monoisotopic (exact) mass is 425 g/mol. The number of halogens is 3. The summed E-state index contributed by atoms with van der Waals surface area (Å²) in [5.74, 6) is 0.0334. The van der Waals surface area contributed by atoms with Crippen LogP contribution in [0, 0.1) is 0 Å². The maximum atomic E-state index is 12.3. The van der Waals surface area contributed by atoms with E-state index in [1.54, 1.807) is 24.3 Å². The Hall–Kier alpha value is -3.09. The lowest BCUT2D eigenvalue weighted by Crippen LogP contribution is -2.19. The van der Waals surface area contributed by atoms with E-state index in [0.29, 0.717) is 23.1 Å². The number of nitrogens with zero attached hydrogens (tertiary/aromatic N) is 3. The number of carbonyl (C=O) groups is 1. The van der Waals surface area contributed by atoms with Gasteiger partial charge in [0.2, 0.25) is 0 Å².